The zero-order valence-electron chi connectivity index (χ0n) is 17.2. The van der Waals surface area contributed by atoms with Crippen LogP contribution in [-0.4, -0.2) is 67.8 Å². The largest absolute Gasteiger partial charge is 1.00 e. The number of nitrogens with zero attached hydrogens (tertiary/aromatic N) is 1. The molecule has 0 bridgehead atoms. The first-order valence-electron chi connectivity index (χ1n) is 9.03. The Labute approximate surface area is 175 Å². The average molecular weight is 464 g/mol. The summed E-state index contributed by atoms with van der Waals surface area (Å²) in [4.78, 5) is 11.9. The summed E-state index contributed by atoms with van der Waals surface area (Å²) < 4.78 is 22.5. The number of carbonyl (C=O) groups is 1. The Morgan fingerprint density at radius 1 is 0.963 bits per heavy atom. The Balaban J connectivity index is 0.00000676. The predicted molar refractivity (Wildman–Crippen MR) is 104 cm³/mol. The first-order valence-corrected chi connectivity index (χ1v) is 11.0. The van der Waals surface area contributed by atoms with Crippen molar-refractivity contribution in [3.8, 4) is 0 Å². The molecule has 0 N–H and O–H groups in total. The van der Waals surface area contributed by atoms with E-state index < -0.39 is 8.80 Å². The molecule has 0 aromatic heterocycles. The molecule has 0 spiro atoms. The predicted octanol–water partition coefficient (Wildman–Crippen LogP) is -0.141. The van der Waals surface area contributed by atoms with Gasteiger partial charge in [0.15, 0.2) is 0 Å². The normalized spacial score (nSPS) is 11.7. The van der Waals surface area contributed by atoms with E-state index in [2.05, 4.69) is 14.1 Å². The lowest BCUT2D eigenvalue weighted by Gasteiger charge is -2.31. The Hall–Kier alpha value is -0.773. The van der Waals surface area contributed by atoms with Gasteiger partial charge in [-0.25, -0.2) is 0 Å². The molecule has 0 aliphatic carbocycles. The monoisotopic (exact) mass is 463 g/mol. The summed E-state index contributed by atoms with van der Waals surface area (Å²) in [5, 5.41) is 0. The molecule has 6 nitrogen and oxygen atoms in total. The van der Waals surface area contributed by atoms with Crippen molar-refractivity contribution in [2.24, 2.45) is 0 Å². The van der Waals surface area contributed by atoms with E-state index in [9.17, 15) is 4.79 Å². The third-order valence-corrected chi connectivity index (χ3v) is 7.40. The van der Waals surface area contributed by atoms with Gasteiger partial charge in [0.2, 0.25) is 0 Å². The van der Waals surface area contributed by atoms with Crippen LogP contribution in [0.25, 0.3) is 0 Å². The number of rotatable bonds is 13. The molecular formula is C19H34BrNO5Si. The van der Waals surface area contributed by atoms with Crippen molar-refractivity contribution in [1.82, 2.24) is 0 Å². The SMILES string of the molecule is CO[Si](CCC[N+](C)(C)CCCC(=O)OCc1ccccc1)(OC)OC.[Br-]. The number of hydrogen-bond acceptors (Lipinski definition) is 5. The number of hydrogen-bond donors (Lipinski definition) is 0. The van der Waals surface area contributed by atoms with E-state index in [1.54, 1.807) is 21.3 Å². The lowest BCUT2D eigenvalue weighted by molar-refractivity contribution is -0.890. The zero-order valence-corrected chi connectivity index (χ0v) is 19.8. The molecule has 156 valence electrons. The van der Waals surface area contributed by atoms with Crippen molar-refractivity contribution in [1.29, 1.82) is 0 Å². The topological polar surface area (TPSA) is 54.0 Å². The molecular weight excluding hydrogens is 430 g/mol. The smallest absolute Gasteiger partial charge is 0.500 e. The third kappa shape index (κ3) is 10.4. The van der Waals surface area contributed by atoms with Gasteiger partial charge in [0.25, 0.3) is 0 Å². The molecule has 8 heteroatoms. The van der Waals surface area contributed by atoms with Crippen molar-refractivity contribution in [2.45, 2.75) is 31.9 Å². The summed E-state index contributed by atoms with van der Waals surface area (Å²) in [5.74, 6) is -0.140. The fraction of sp³-hybridized carbons (Fsp3) is 0.632. The quantitative estimate of drug-likeness (QED) is 0.231. The van der Waals surface area contributed by atoms with Gasteiger partial charge in [0, 0.05) is 40.2 Å². The van der Waals surface area contributed by atoms with Gasteiger partial charge >= 0.3 is 14.8 Å². The van der Waals surface area contributed by atoms with Crippen molar-refractivity contribution in [3.05, 3.63) is 35.9 Å². The maximum Gasteiger partial charge on any atom is 0.500 e. The second-order valence-corrected chi connectivity index (χ2v) is 10.1. The molecule has 0 radical (unpaired) electrons. The van der Waals surface area contributed by atoms with Crippen molar-refractivity contribution < 1.29 is 44.3 Å². The number of benzene rings is 1. The molecule has 0 amide bonds. The summed E-state index contributed by atoms with van der Waals surface area (Å²) in [6.07, 6.45) is 2.20. The van der Waals surface area contributed by atoms with E-state index in [0.29, 0.717) is 13.0 Å². The van der Waals surface area contributed by atoms with Crippen molar-refractivity contribution in [2.75, 3.05) is 48.5 Å². The molecule has 27 heavy (non-hydrogen) atoms. The molecule has 0 saturated heterocycles. The lowest BCUT2D eigenvalue weighted by atomic mass is 10.2. The van der Waals surface area contributed by atoms with Gasteiger partial charge in [-0.2, -0.15) is 0 Å². The summed E-state index contributed by atoms with van der Waals surface area (Å²) in [5.41, 5.74) is 1.01. The van der Waals surface area contributed by atoms with Crippen LogP contribution in [0.4, 0.5) is 0 Å². The fourth-order valence-electron chi connectivity index (χ4n) is 2.85. The van der Waals surface area contributed by atoms with E-state index >= 15 is 0 Å². The molecule has 1 aromatic rings. The van der Waals surface area contributed by atoms with E-state index in [1.807, 2.05) is 30.3 Å². The Morgan fingerprint density at radius 3 is 2.07 bits per heavy atom. The van der Waals surface area contributed by atoms with Crippen LogP contribution in [0.3, 0.4) is 0 Å². The first kappa shape index (κ1) is 26.2. The van der Waals surface area contributed by atoms with Crippen molar-refractivity contribution in [3.63, 3.8) is 0 Å². The second kappa shape index (κ2) is 13.4. The van der Waals surface area contributed by atoms with Crippen LogP contribution in [-0.2, 0) is 29.4 Å². The highest BCUT2D eigenvalue weighted by Gasteiger charge is 2.37. The Kier molecular flexibility index (Phi) is 13.0. The van der Waals surface area contributed by atoms with E-state index in [0.717, 1.165) is 42.0 Å². The molecule has 0 heterocycles. The number of ether oxygens (including phenoxy) is 1. The van der Waals surface area contributed by atoms with Gasteiger partial charge in [-0.15, -0.1) is 0 Å². The summed E-state index contributed by atoms with van der Waals surface area (Å²) in [7, 11) is 6.77. The van der Waals surface area contributed by atoms with Gasteiger partial charge in [-0.3, -0.25) is 4.79 Å². The summed E-state index contributed by atoms with van der Waals surface area (Å²) >= 11 is 0. The van der Waals surface area contributed by atoms with Crippen LogP contribution in [0.2, 0.25) is 6.04 Å². The van der Waals surface area contributed by atoms with Gasteiger partial charge in [0.1, 0.15) is 6.61 Å². The minimum Gasteiger partial charge on any atom is -1.00 e. The molecule has 0 unspecified atom stereocenters. The lowest BCUT2D eigenvalue weighted by Crippen LogP contribution is -3.00. The van der Waals surface area contributed by atoms with Crippen LogP contribution in [0.15, 0.2) is 30.3 Å². The molecule has 0 aliphatic heterocycles. The van der Waals surface area contributed by atoms with E-state index in [-0.39, 0.29) is 23.0 Å². The molecule has 0 saturated carbocycles. The van der Waals surface area contributed by atoms with Crippen molar-refractivity contribution >= 4 is 14.8 Å². The zero-order chi connectivity index (χ0) is 19.5. The summed E-state index contributed by atoms with van der Waals surface area (Å²) in [6, 6.07) is 10.5. The van der Waals surface area contributed by atoms with Gasteiger partial charge in [0.05, 0.1) is 33.6 Å². The fourth-order valence-corrected chi connectivity index (χ4v) is 4.56. The van der Waals surface area contributed by atoms with Crippen LogP contribution in [0.5, 0.6) is 0 Å². The molecule has 1 aromatic carbocycles. The minimum atomic E-state index is -2.49. The van der Waals surface area contributed by atoms with Gasteiger partial charge < -0.3 is 39.5 Å². The van der Waals surface area contributed by atoms with E-state index in [4.69, 9.17) is 18.0 Å². The third-order valence-electron chi connectivity index (χ3n) is 4.57. The maximum absolute atomic E-state index is 11.9. The van der Waals surface area contributed by atoms with Crippen LogP contribution >= 0.6 is 0 Å². The second-order valence-electron chi connectivity index (χ2n) is 7.03. The highest BCUT2D eigenvalue weighted by atomic mass is 79.9. The number of carbonyl (C=O) groups excluding carboxylic acids is 1. The highest BCUT2D eigenvalue weighted by Crippen LogP contribution is 2.16. The highest BCUT2D eigenvalue weighted by molar-refractivity contribution is 6.60. The van der Waals surface area contributed by atoms with Gasteiger partial charge in [-0.05, 0) is 5.56 Å². The molecule has 0 aliphatic rings. The maximum atomic E-state index is 11.9. The number of halogens is 1. The van der Waals surface area contributed by atoms with Gasteiger partial charge in [-0.1, -0.05) is 30.3 Å². The Morgan fingerprint density at radius 2 is 1.52 bits per heavy atom. The minimum absolute atomic E-state index is 0. The van der Waals surface area contributed by atoms with E-state index in [1.165, 1.54) is 0 Å². The van der Waals surface area contributed by atoms with Crippen LogP contribution in [0, 0.1) is 0 Å². The molecule has 0 atom stereocenters. The first-order chi connectivity index (χ1) is 12.4. The molecule has 1 rings (SSSR count). The average Bonchev–Trinajstić information content (AvgIpc) is 2.64. The number of quaternary nitrogens is 1. The summed E-state index contributed by atoms with van der Waals surface area (Å²) in [6.45, 7) is 2.24. The standard InChI is InChI=1S/C19H34NO5Si.BrH/c1-20(2,15-10-16-26(22-3,23-4)24-5)14-9-13-19(21)25-17-18-11-7-6-8-12-18;/h6-8,11-12H,9-10,13-17H2,1-5H3;1H/q+1;/p-1. The van der Waals surface area contributed by atoms with Crippen LogP contribution in [0.1, 0.15) is 24.8 Å². The number of esters is 1. The van der Waals surface area contributed by atoms with Crippen LogP contribution < -0.4 is 17.0 Å². The Bertz CT molecular complexity index is 518. The molecule has 0 fully saturated rings.